The van der Waals surface area contributed by atoms with Gasteiger partial charge in [-0.15, -0.1) is 0 Å². The summed E-state index contributed by atoms with van der Waals surface area (Å²) in [5.74, 6) is 0. The number of hydrogen-bond donors (Lipinski definition) is 2. The molecule has 1 unspecified atom stereocenters. The Labute approximate surface area is 28.9 Å². The second-order valence-electron chi connectivity index (χ2n) is 0.655. The molecule has 0 aromatic rings. The van der Waals surface area contributed by atoms with Crippen molar-refractivity contribution in [3.63, 3.8) is 0 Å². The van der Waals surface area contributed by atoms with Crippen LogP contribution in [0.25, 0.3) is 0 Å². The van der Waals surface area contributed by atoms with Gasteiger partial charge < -0.3 is 0 Å². The zero-order valence-electron chi connectivity index (χ0n) is 2.21. The normalized spacial score (nSPS) is 36.0. The zero-order chi connectivity index (χ0) is 2.83. The van der Waals surface area contributed by atoms with E-state index in [-0.39, 0.29) is 9.35 Å². The van der Waals surface area contributed by atoms with Gasteiger partial charge in [0.25, 0.3) is 0 Å². The van der Waals surface area contributed by atoms with E-state index in [1.165, 1.54) is 0 Å². The Balaban J connectivity index is 2.00. The summed E-state index contributed by atoms with van der Waals surface area (Å²) >= 11 is 0. The highest BCUT2D eigenvalue weighted by molar-refractivity contribution is 7.71. The Morgan fingerprint density at radius 1 is 1.75 bits per heavy atom. The molecule has 1 heterocycles. The van der Waals surface area contributed by atoms with Gasteiger partial charge in [0.1, 0.15) is 0 Å². The van der Waals surface area contributed by atoms with Crippen molar-refractivity contribution in [2.24, 2.45) is 0 Å². The molecule has 0 aromatic carbocycles. The first-order valence-electron chi connectivity index (χ1n) is 1.21. The highest BCUT2D eigenvalue weighted by Gasteiger charge is 1.91. The lowest BCUT2D eigenvalue weighted by molar-refractivity contribution is 0.943. The fourth-order valence-corrected chi connectivity index (χ4v) is 0.795. The van der Waals surface area contributed by atoms with Crippen molar-refractivity contribution >= 4 is 17.6 Å². The monoisotopic (exact) mass is 92.0 g/mol. The van der Waals surface area contributed by atoms with Crippen molar-refractivity contribution < 1.29 is 0 Å². The Hall–Kier alpha value is 0.567. The van der Waals surface area contributed by atoms with Gasteiger partial charge in [-0.1, -0.05) is 0 Å². The van der Waals surface area contributed by atoms with E-state index in [0.717, 1.165) is 8.28 Å². The lowest BCUT2D eigenvalue weighted by Crippen LogP contribution is -2.38. The fourth-order valence-electron chi connectivity index (χ4n) is 0.0884. The predicted octanol–water partition coefficient (Wildman–Crippen LogP) is -1.31. The Morgan fingerprint density at radius 3 is 2.00 bits per heavy atom. The van der Waals surface area contributed by atoms with Crippen molar-refractivity contribution in [1.29, 1.82) is 0 Å². The maximum absolute atomic E-state index is 3.01. The molecule has 0 saturated carbocycles. The maximum atomic E-state index is 3.01. The van der Waals surface area contributed by atoms with Crippen molar-refractivity contribution in [2.75, 3.05) is 0 Å². The molecular weight excluding hydrogens is 87.1 g/mol. The van der Waals surface area contributed by atoms with Gasteiger partial charge in [-0.05, 0) is 8.28 Å². The molecular formula is H5N2PSi. The SMILES string of the molecule is N1NP[SiH2]1. The van der Waals surface area contributed by atoms with Gasteiger partial charge in [0, 0.05) is 0 Å². The average Bonchev–Trinajstić information content (AvgIpc) is 0.722. The van der Waals surface area contributed by atoms with E-state index in [1.54, 1.807) is 0 Å². The van der Waals surface area contributed by atoms with Crippen LogP contribution in [0, 0.1) is 0 Å². The molecule has 2 nitrogen and oxygen atoms in total. The molecule has 0 spiro atoms. The van der Waals surface area contributed by atoms with E-state index in [2.05, 4.69) is 10.3 Å². The van der Waals surface area contributed by atoms with Gasteiger partial charge in [-0.3, -0.25) is 5.09 Å². The lowest BCUT2D eigenvalue weighted by Gasteiger charge is -2.12. The van der Waals surface area contributed by atoms with Crippen molar-refractivity contribution in [1.82, 2.24) is 10.3 Å². The van der Waals surface area contributed by atoms with Crippen LogP contribution in [0.4, 0.5) is 0 Å². The predicted molar refractivity (Wildman–Crippen MR) is 23.1 cm³/mol. The molecule has 0 amide bonds. The number of nitrogens with one attached hydrogen (secondary N) is 2. The molecule has 1 saturated heterocycles. The zero-order valence-corrected chi connectivity index (χ0v) is 4.62. The molecule has 1 atom stereocenters. The van der Waals surface area contributed by atoms with Gasteiger partial charge in [0.15, 0.2) is 9.35 Å². The van der Waals surface area contributed by atoms with Crippen LogP contribution in [0.15, 0.2) is 0 Å². The fraction of sp³-hybridized carbons (Fsp3) is 0. The van der Waals surface area contributed by atoms with E-state index in [0.29, 0.717) is 0 Å². The summed E-state index contributed by atoms with van der Waals surface area (Å²) in [6.07, 6.45) is 0. The number of hydrazine groups is 1. The van der Waals surface area contributed by atoms with Gasteiger partial charge in [0.2, 0.25) is 0 Å². The second kappa shape index (κ2) is 1.13. The molecule has 24 valence electrons. The van der Waals surface area contributed by atoms with E-state index in [9.17, 15) is 0 Å². The summed E-state index contributed by atoms with van der Waals surface area (Å²) < 4.78 is 0. The smallest absolute Gasteiger partial charge is 0.150 e. The lowest BCUT2D eigenvalue weighted by atomic mass is 12.9. The van der Waals surface area contributed by atoms with Crippen LogP contribution < -0.4 is 10.3 Å². The van der Waals surface area contributed by atoms with Gasteiger partial charge in [0.05, 0.1) is 0 Å². The molecule has 4 heavy (non-hydrogen) atoms. The minimum Gasteiger partial charge on any atom is -0.277 e. The largest absolute Gasteiger partial charge is 0.277 e. The third-order valence-corrected chi connectivity index (χ3v) is 3.18. The molecule has 1 aliphatic rings. The summed E-state index contributed by atoms with van der Waals surface area (Å²) in [4.78, 5) is 0. The number of hydrogen-bond acceptors (Lipinski definition) is 2. The summed E-state index contributed by atoms with van der Waals surface area (Å²) in [6, 6.07) is 0. The van der Waals surface area contributed by atoms with E-state index in [1.807, 2.05) is 0 Å². The van der Waals surface area contributed by atoms with Gasteiger partial charge >= 0.3 is 0 Å². The third-order valence-electron chi connectivity index (χ3n) is 0.354. The van der Waals surface area contributed by atoms with E-state index >= 15 is 0 Å². The quantitative estimate of drug-likeness (QED) is 0.286. The molecule has 1 rings (SSSR count). The van der Waals surface area contributed by atoms with Crippen LogP contribution in [-0.2, 0) is 0 Å². The molecule has 1 aliphatic heterocycles. The van der Waals surface area contributed by atoms with E-state index < -0.39 is 0 Å². The Bertz CT molecular complexity index is 14.0. The highest BCUT2D eigenvalue weighted by Crippen LogP contribution is 1.99. The second-order valence-corrected chi connectivity index (χ2v) is 4.09. The molecule has 1 fully saturated rings. The van der Waals surface area contributed by atoms with Crippen LogP contribution in [0.5, 0.6) is 0 Å². The summed E-state index contributed by atoms with van der Waals surface area (Å²) in [6.45, 7) is 0. The minimum atomic E-state index is 0.272. The number of rotatable bonds is 0. The molecule has 0 bridgehead atoms. The molecule has 0 radical (unpaired) electrons. The van der Waals surface area contributed by atoms with Crippen LogP contribution in [0.1, 0.15) is 0 Å². The van der Waals surface area contributed by atoms with Crippen LogP contribution in [-0.4, -0.2) is 9.35 Å². The van der Waals surface area contributed by atoms with Crippen LogP contribution >= 0.6 is 8.28 Å². The van der Waals surface area contributed by atoms with Gasteiger partial charge in [-0.2, -0.15) is 0 Å². The first kappa shape index (κ1) is 2.79. The Morgan fingerprint density at radius 2 is 2.00 bits per heavy atom. The summed E-state index contributed by atoms with van der Waals surface area (Å²) in [5, 5.41) is 5.96. The Kier molecular flexibility index (Phi) is 0.785. The van der Waals surface area contributed by atoms with Crippen molar-refractivity contribution in [3.05, 3.63) is 0 Å². The minimum absolute atomic E-state index is 0.272. The molecule has 0 aromatic heterocycles. The summed E-state index contributed by atoms with van der Waals surface area (Å²) in [7, 11) is 1.37. The maximum Gasteiger partial charge on any atom is 0.150 e. The first-order chi connectivity index (χ1) is 2.00. The first-order valence-corrected chi connectivity index (χ1v) is 5.24. The summed E-state index contributed by atoms with van der Waals surface area (Å²) in [5.41, 5.74) is 0. The van der Waals surface area contributed by atoms with Crippen molar-refractivity contribution in [3.8, 4) is 0 Å². The van der Waals surface area contributed by atoms with Crippen LogP contribution in [0.3, 0.4) is 0 Å². The average molecular weight is 92.1 g/mol. The molecule has 4 heteroatoms. The topological polar surface area (TPSA) is 24.1 Å². The highest BCUT2D eigenvalue weighted by atomic mass is 31.3. The van der Waals surface area contributed by atoms with Crippen molar-refractivity contribution in [2.45, 2.75) is 0 Å². The standard InChI is InChI=1S/H5N2PSi/c1-2-4-3-1/h1-3H,4H2. The van der Waals surface area contributed by atoms with Gasteiger partial charge in [-0.25, -0.2) is 5.20 Å². The van der Waals surface area contributed by atoms with Crippen LogP contribution in [0.2, 0.25) is 0 Å². The third kappa shape index (κ3) is 0.302. The molecule has 2 N–H and O–H groups in total. The van der Waals surface area contributed by atoms with E-state index in [4.69, 9.17) is 0 Å². The molecule has 0 aliphatic carbocycles.